The SMILES string of the molecule is Cc1cc(OCCC(C)CCC[C@H](C)CCC[C@H](C)CCCC(C)C)ccc1C[O]. The average molecular weight is 418 g/mol. The Hall–Kier alpha value is -1.02. The summed E-state index contributed by atoms with van der Waals surface area (Å²) < 4.78 is 5.90. The molecule has 0 bridgehead atoms. The maximum atomic E-state index is 11.0. The molecule has 1 radical (unpaired) electrons. The highest BCUT2D eigenvalue weighted by atomic mass is 16.5. The second kappa shape index (κ2) is 15.7. The van der Waals surface area contributed by atoms with Crippen molar-refractivity contribution in [2.75, 3.05) is 6.61 Å². The highest BCUT2D eigenvalue weighted by Gasteiger charge is 2.09. The van der Waals surface area contributed by atoms with Gasteiger partial charge < -0.3 is 4.74 Å². The largest absolute Gasteiger partial charge is 0.494 e. The molecule has 0 aliphatic heterocycles. The Morgan fingerprint density at radius 2 is 1.23 bits per heavy atom. The Morgan fingerprint density at radius 3 is 1.70 bits per heavy atom. The Balaban J connectivity index is 2.06. The summed E-state index contributed by atoms with van der Waals surface area (Å²) in [4.78, 5) is 0. The molecule has 2 heteroatoms. The molecule has 0 saturated carbocycles. The van der Waals surface area contributed by atoms with Gasteiger partial charge in [-0.1, -0.05) is 98.5 Å². The molecule has 173 valence electrons. The fourth-order valence-corrected chi connectivity index (χ4v) is 4.24. The minimum Gasteiger partial charge on any atom is -0.494 e. The molecule has 1 unspecified atom stereocenters. The molecule has 1 rings (SSSR count). The highest BCUT2D eigenvalue weighted by molar-refractivity contribution is 5.34. The first-order valence-electron chi connectivity index (χ1n) is 12.6. The predicted molar refractivity (Wildman–Crippen MR) is 130 cm³/mol. The number of hydrogen-bond donors (Lipinski definition) is 0. The molecule has 0 spiro atoms. The van der Waals surface area contributed by atoms with Crippen molar-refractivity contribution in [1.82, 2.24) is 0 Å². The van der Waals surface area contributed by atoms with Gasteiger partial charge in [0.1, 0.15) is 12.4 Å². The monoisotopic (exact) mass is 417 g/mol. The molecule has 0 heterocycles. The topological polar surface area (TPSA) is 29.1 Å². The summed E-state index contributed by atoms with van der Waals surface area (Å²) >= 11 is 0. The van der Waals surface area contributed by atoms with Crippen molar-refractivity contribution >= 4 is 0 Å². The fraction of sp³-hybridized carbons (Fsp3) is 0.786. The third-order valence-corrected chi connectivity index (χ3v) is 6.62. The number of ether oxygens (including phenoxy) is 1. The molecule has 0 amide bonds. The Kier molecular flexibility index (Phi) is 14.2. The molecule has 0 aromatic heterocycles. The molecule has 0 fully saturated rings. The van der Waals surface area contributed by atoms with Crippen LogP contribution in [0.1, 0.15) is 110 Å². The highest BCUT2D eigenvalue weighted by Crippen LogP contribution is 2.23. The lowest BCUT2D eigenvalue weighted by atomic mass is 9.91. The molecular formula is C28H49O2. The molecule has 0 saturated heterocycles. The van der Waals surface area contributed by atoms with Crippen LogP contribution >= 0.6 is 0 Å². The maximum absolute atomic E-state index is 11.0. The van der Waals surface area contributed by atoms with E-state index in [0.717, 1.165) is 47.7 Å². The first-order chi connectivity index (χ1) is 14.3. The first-order valence-corrected chi connectivity index (χ1v) is 12.6. The summed E-state index contributed by atoms with van der Waals surface area (Å²) in [6.07, 6.45) is 13.5. The summed E-state index contributed by atoms with van der Waals surface area (Å²) in [5.74, 6) is 4.21. The van der Waals surface area contributed by atoms with E-state index in [4.69, 9.17) is 4.74 Å². The van der Waals surface area contributed by atoms with Crippen molar-refractivity contribution in [2.45, 2.75) is 112 Å². The van der Waals surface area contributed by atoms with Crippen molar-refractivity contribution < 1.29 is 9.84 Å². The van der Waals surface area contributed by atoms with E-state index in [9.17, 15) is 5.11 Å². The number of rotatable bonds is 17. The molecular weight excluding hydrogens is 368 g/mol. The van der Waals surface area contributed by atoms with Gasteiger partial charge in [-0.15, -0.1) is 0 Å². The predicted octanol–water partition coefficient (Wildman–Crippen LogP) is 8.77. The first kappa shape index (κ1) is 27.0. The quantitative estimate of drug-likeness (QED) is 0.249. The summed E-state index contributed by atoms with van der Waals surface area (Å²) in [5.41, 5.74) is 1.90. The van der Waals surface area contributed by atoms with E-state index in [1.54, 1.807) is 0 Å². The van der Waals surface area contributed by atoms with E-state index >= 15 is 0 Å². The van der Waals surface area contributed by atoms with Crippen LogP contribution in [0.2, 0.25) is 0 Å². The van der Waals surface area contributed by atoms with Crippen LogP contribution in [0.5, 0.6) is 5.75 Å². The summed E-state index contributed by atoms with van der Waals surface area (Å²) in [6, 6.07) is 5.82. The fourth-order valence-electron chi connectivity index (χ4n) is 4.24. The standard InChI is InChI=1S/C28H49O2/c1-22(2)10-7-11-23(3)12-8-13-24(4)14-9-15-25(5)18-19-30-28-17-16-27(21-29)26(6)20-28/h16-17,20,22-25H,7-15,18-19,21H2,1-6H3/t23-,24-,25?/m1/s1. The molecule has 1 aromatic rings. The third-order valence-electron chi connectivity index (χ3n) is 6.62. The van der Waals surface area contributed by atoms with Crippen LogP contribution in [0.3, 0.4) is 0 Å². The van der Waals surface area contributed by atoms with Gasteiger partial charge in [0, 0.05) is 0 Å². The van der Waals surface area contributed by atoms with Gasteiger partial charge in [-0.3, -0.25) is 0 Å². The lowest BCUT2D eigenvalue weighted by Crippen LogP contribution is -2.06. The van der Waals surface area contributed by atoms with Gasteiger partial charge in [-0.2, -0.15) is 0 Å². The van der Waals surface area contributed by atoms with Crippen LogP contribution in [0.25, 0.3) is 0 Å². The van der Waals surface area contributed by atoms with Crippen LogP contribution in [-0.2, 0) is 11.7 Å². The summed E-state index contributed by atoms with van der Waals surface area (Å²) in [7, 11) is 0. The van der Waals surface area contributed by atoms with Crippen LogP contribution in [-0.4, -0.2) is 6.61 Å². The Labute approximate surface area is 187 Å². The van der Waals surface area contributed by atoms with E-state index in [-0.39, 0.29) is 6.61 Å². The van der Waals surface area contributed by atoms with E-state index in [2.05, 4.69) is 34.6 Å². The van der Waals surface area contributed by atoms with Crippen molar-refractivity contribution in [2.24, 2.45) is 23.7 Å². The van der Waals surface area contributed by atoms with Crippen molar-refractivity contribution in [3.63, 3.8) is 0 Å². The molecule has 0 N–H and O–H groups in total. The molecule has 0 aliphatic rings. The van der Waals surface area contributed by atoms with E-state index in [1.807, 2.05) is 25.1 Å². The van der Waals surface area contributed by atoms with Crippen molar-refractivity contribution in [3.05, 3.63) is 29.3 Å². The molecule has 30 heavy (non-hydrogen) atoms. The zero-order valence-corrected chi connectivity index (χ0v) is 20.8. The van der Waals surface area contributed by atoms with E-state index < -0.39 is 0 Å². The number of aryl methyl sites for hydroxylation is 1. The molecule has 1 aromatic carbocycles. The average Bonchev–Trinajstić information content (AvgIpc) is 2.68. The summed E-state index contributed by atoms with van der Waals surface area (Å²) in [6.45, 7) is 14.5. The zero-order chi connectivity index (χ0) is 22.4. The molecule has 2 nitrogen and oxygen atoms in total. The molecule has 0 aliphatic carbocycles. The number of hydrogen-bond acceptors (Lipinski definition) is 1. The lowest BCUT2D eigenvalue weighted by molar-refractivity contribution is 0.177. The van der Waals surface area contributed by atoms with Crippen LogP contribution in [0.15, 0.2) is 18.2 Å². The normalized spacial score (nSPS) is 14.7. The van der Waals surface area contributed by atoms with Crippen molar-refractivity contribution in [1.29, 1.82) is 0 Å². The second-order valence-corrected chi connectivity index (χ2v) is 10.4. The van der Waals surface area contributed by atoms with E-state index in [0.29, 0.717) is 5.92 Å². The minimum absolute atomic E-state index is 0.154. The smallest absolute Gasteiger partial charge is 0.119 e. The summed E-state index contributed by atoms with van der Waals surface area (Å²) in [5, 5.41) is 11.0. The van der Waals surface area contributed by atoms with Gasteiger partial charge in [0.15, 0.2) is 0 Å². The Bertz CT molecular complexity index is 552. The van der Waals surface area contributed by atoms with Crippen molar-refractivity contribution in [3.8, 4) is 5.75 Å². The van der Waals surface area contributed by atoms with Gasteiger partial charge in [0.2, 0.25) is 0 Å². The maximum Gasteiger partial charge on any atom is 0.119 e. The zero-order valence-electron chi connectivity index (χ0n) is 20.8. The van der Waals surface area contributed by atoms with Gasteiger partial charge in [-0.25, -0.2) is 5.11 Å². The van der Waals surface area contributed by atoms with Crippen LogP contribution in [0, 0.1) is 30.6 Å². The van der Waals surface area contributed by atoms with Gasteiger partial charge >= 0.3 is 0 Å². The number of benzene rings is 1. The molecule has 3 atom stereocenters. The third kappa shape index (κ3) is 12.6. The second-order valence-electron chi connectivity index (χ2n) is 10.4. The Morgan fingerprint density at radius 1 is 0.733 bits per heavy atom. The van der Waals surface area contributed by atoms with Crippen LogP contribution < -0.4 is 4.74 Å². The van der Waals surface area contributed by atoms with Gasteiger partial charge in [0.05, 0.1) is 6.61 Å². The van der Waals surface area contributed by atoms with Crippen LogP contribution in [0.4, 0.5) is 0 Å². The van der Waals surface area contributed by atoms with E-state index in [1.165, 1.54) is 57.8 Å². The minimum atomic E-state index is -0.154. The lowest BCUT2D eigenvalue weighted by Gasteiger charge is -2.16. The van der Waals surface area contributed by atoms with Gasteiger partial charge in [0.25, 0.3) is 0 Å². The van der Waals surface area contributed by atoms with Gasteiger partial charge in [-0.05, 0) is 60.3 Å².